The molecule has 0 bridgehead atoms. The molecule has 1 aromatic heterocycles. The highest BCUT2D eigenvalue weighted by atomic mass is 16.6. The number of hydrogen-bond acceptors (Lipinski definition) is 4. The van der Waals surface area contributed by atoms with Crippen LogP contribution in [0.3, 0.4) is 0 Å². The first-order chi connectivity index (χ1) is 11.0. The molecule has 0 unspecified atom stereocenters. The maximum atomic E-state index is 12.1. The van der Waals surface area contributed by atoms with Gasteiger partial charge in [0.05, 0.1) is 0 Å². The van der Waals surface area contributed by atoms with Crippen LogP contribution in [0.25, 0.3) is 0 Å². The quantitative estimate of drug-likeness (QED) is 0.726. The summed E-state index contributed by atoms with van der Waals surface area (Å²) in [5.74, 6) is 0.732. The predicted molar refractivity (Wildman–Crippen MR) is 90.7 cm³/mol. The van der Waals surface area contributed by atoms with Crippen molar-refractivity contribution in [3.8, 4) is 0 Å². The van der Waals surface area contributed by atoms with Gasteiger partial charge in [-0.15, -0.1) is 0 Å². The molecular weight excluding hydrogens is 290 g/mol. The van der Waals surface area contributed by atoms with Gasteiger partial charge in [-0.05, 0) is 45.1 Å². The Morgan fingerprint density at radius 1 is 1.13 bits per heavy atom. The number of carbonyl (C=O) groups is 1. The fourth-order valence-corrected chi connectivity index (χ4v) is 2.34. The minimum atomic E-state index is -0.400. The van der Waals surface area contributed by atoms with Crippen LogP contribution in [-0.4, -0.2) is 37.6 Å². The second-order valence-corrected chi connectivity index (χ2v) is 6.14. The van der Waals surface area contributed by atoms with E-state index in [0.717, 1.165) is 24.3 Å². The van der Waals surface area contributed by atoms with Crippen LogP contribution < -0.4 is 0 Å². The third-order valence-corrected chi connectivity index (χ3v) is 3.85. The third kappa shape index (κ3) is 4.96. The van der Waals surface area contributed by atoms with E-state index >= 15 is 0 Å². The Kier molecular flexibility index (Phi) is 5.99. The minimum Gasteiger partial charge on any atom is -0.457 e. The number of nitrogens with zero attached hydrogens (tertiary/aromatic N) is 1. The molecule has 4 heteroatoms. The van der Waals surface area contributed by atoms with E-state index < -0.39 is 5.97 Å². The zero-order valence-corrected chi connectivity index (χ0v) is 14.3. The lowest BCUT2D eigenvalue weighted by atomic mass is 9.99. The van der Waals surface area contributed by atoms with Crippen LogP contribution in [0.4, 0.5) is 0 Å². The smallest absolute Gasteiger partial charge is 0.374 e. The Labute approximate surface area is 138 Å². The van der Waals surface area contributed by atoms with Crippen molar-refractivity contribution < 1.29 is 13.9 Å². The molecule has 2 atom stereocenters. The molecule has 1 heterocycles. The average Bonchev–Trinajstić information content (AvgIpc) is 3.03. The maximum absolute atomic E-state index is 12.1. The minimum absolute atomic E-state index is 0.101. The summed E-state index contributed by atoms with van der Waals surface area (Å²) in [4.78, 5) is 14.2. The van der Waals surface area contributed by atoms with Crippen molar-refractivity contribution in [2.45, 2.75) is 32.3 Å². The van der Waals surface area contributed by atoms with Crippen LogP contribution in [0.5, 0.6) is 0 Å². The van der Waals surface area contributed by atoms with Gasteiger partial charge in [0.2, 0.25) is 5.76 Å². The molecule has 0 aliphatic heterocycles. The zero-order chi connectivity index (χ0) is 16.8. The summed E-state index contributed by atoms with van der Waals surface area (Å²) in [7, 11) is 4.00. The van der Waals surface area contributed by atoms with E-state index in [2.05, 4.69) is 24.0 Å². The van der Waals surface area contributed by atoms with Crippen LogP contribution in [0.1, 0.15) is 48.1 Å². The summed E-state index contributed by atoms with van der Waals surface area (Å²) < 4.78 is 11.1. The van der Waals surface area contributed by atoms with E-state index in [1.165, 1.54) is 0 Å². The second kappa shape index (κ2) is 7.97. The summed E-state index contributed by atoms with van der Waals surface area (Å²) >= 11 is 0. The molecule has 1 aromatic carbocycles. The molecule has 0 saturated carbocycles. The molecule has 124 valence electrons. The highest BCUT2D eigenvalue weighted by molar-refractivity contribution is 5.86. The van der Waals surface area contributed by atoms with E-state index in [1.54, 1.807) is 6.07 Å². The molecule has 2 rings (SSSR count). The molecule has 0 aliphatic rings. The lowest BCUT2D eigenvalue weighted by molar-refractivity contribution is 0.0273. The molecule has 0 aliphatic carbocycles. The van der Waals surface area contributed by atoms with Crippen molar-refractivity contribution in [1.29, 1.82) is 0 Å². The highest BCUT2D eigenvalue weighted by Gasteiger charge is 2.19. The lowest BCUT2D eigenvalue weighted by Gasteiger charge is -2.15. The number of rotatable bonds is 7. The van der Waals surface area contributed by atoms with E-state index in [0.29, 0.717) is 0 Å². The van der Waals surface area contributed by atoms with Crippen molar-refractivity contribution in [3.63, 3.8) is 0 Å². The largest absolute Gasteiger partial charge is 0.457 e. The summed E-state index contributed by atoms with van der Waals surface area (Å²) in [6.45, 7) is 4.84. The Hall–Kier alpha value is -2.07. The van der Waals surface area contributed by atoms with Crippen LogP contribution in [0.2, 0.25) is 0 Å². The fourth-order valence-electron chi connectivity index (χ4n) is 2.34. The monoisotopic (exact) mass is 315 g/mol. The van der Waals surface area contributed by atoms with Crippen molar-refractivity contribution in [2.24, 2.45) is 0 Å². The molecule has 0 saturated heterocycles. The predicted octanol–water partition coefficient (Wildman–Crippen LogP) is 3.93. The van der Waals surface area contributed by atoms with Crippen molar-refractivity contribution in [3.05, 3.63) is 59.5 Å². The Morgan fingerprint density at radius 3 is 2.48 bits per heavy atom. The molecule has 0 radical (unpaired) electrons. The second-order valence-electron chi connectivity index (χ2n) is 6.14. The number of benzene rings is 1. The Morgan fingerprint density at radius 2 is 1.83 bits per heavy atom. The molecule has 23 heavy (non-hydrogen) atoms. The molecular formula is C19H25NO3. The summed E-state index contributed by atoms with van der Waals surface area (Å²) in [6.07, 6.45) is 0.664. The summed E-state index contributed by atoms with van der Waals surface area (Å²) in [5.41, 5.74) is 1.15. The molecule has 4 nitrogen and oxygen atoms in total. The standard InChI is InChI=1S/C19H25NO3/c1-14(12-13-20(3)4)22-19(21)18-11-10-17(23-18)15(2)16-8-6-5-7-9-16/h5-11,14-15H,12-13H2,1-4H3/t14-,15-/m1/s1. The summed E-state index contributed by atoms with van der Waals surface area (Å²) in [5, 5.41) is 0. The Bertz CT molecular complexity index is 619. The topological polar surface area (TPSA) is 42.7 Å². The van der Waals surface area contributed by atoms with Crippen LogP contribution in [0.15, 0.2) is 46.9 Å². The van der Waals surface area contributed by atoms with Crippen LogP contribution in [0, 0.1) is 0 Å². The molecule has 0 spiro atoms. The number of hydrogen-bond donors (Lipinski definition) is 0. The maximum Gasteiger partial charge on any atom is 0.374 e. The van der Waals surface area contributed by atoms with E-state index in [1.807, 2.05) is 45.3 Å². The van der Waals surface area contributed by atoms with Gasteiger partial charge in [0, 0.05) is 12.5 Å². The lowest BCUT2D eigenvalue weighted by Crippen LogP contribution is -2.21. The normalized spacial score (nSPS) is 13.8. The number of furan rings is 1. The average molecular weight is 315 g/mol. The zero-order valence-electron chi connectivity index (χ0n) is 14.3. The van der Waals surface area contributed by atoms with Crippen molar-refractivity contribution in [1.82, 2.24) is 4.90 Å². The first-order valence-corrected chi connectivity index (χ1v) is 7.97. The van der Waals surface area contributed by atoms with Gasteiger partial charge in [-0.2, -0.15) is 0 Å². The van der Waals surface area contributed by atoms with Gasteiger partial charge in [0.25, 0.3) is 0 Å². The molecule has 0 amide bonds. The summed E-state index contributed by atoms with van der Waals surface area (Å²) in [6, 6.07) is 13.6. The van der Waals surface area contributed by atoms with Gasteiger partial charge in [-0.1, -0.05) is 37.3 Å². The highest BCUT2D eigenvalue weighted by Crippen LogP contribution is 2.26. The van der Waals surface area contributed by atoms with E-state index in [9.17, 15) is 4.79 Å². The van der Waals surface area contributed by atoms with Crippen LogP contribution in [-0.2, 0) is 4.74 Å². The first kappa shape index (κ1) is 17.3. The molecule has 0 N–H and O–H groups in total. The van der Waals surface area contributed by atoms with Gasteiger partial charge < -0.3 is 14.1 Å². The van der Waals surface area contributed by atoms with Gasteiger partial charge >= 0.3 is 5.97 Å². The van der Waals surface area contributed by atoms with Gasteiger partial charge in [0.15, 0.2) is 0 Å². The van der Waals surface area contributed by atoms with Gasteiger partial charge in [0.1, 0.15) is 11.9 Å². The molecule has 2 aromatic rings. The first-order valence-electron chi connectivity index (χ1n) is 7.97. The Balaban J connectivity index is 1.97. The van der Waals surface area contributed by atoms with E-state index in [4.69, 9.17) is 9.15 Å². The van der Waals surface area contributed by atoms with Crippen molar-refractivity contribution in [2.75, 3.05) is 20.6 Å². The number of esters is 1. The van der Waals surface area contributed by atoms with E-state index in [-0.39, 0.29) is 17.8 Å². The number of ether oxygens (including phenoxy) is 1. The fraction of sp³-hybridized carbons (Fsp3) is 0.421. The van der Waals surface area contributed by atoms with Gasteiger partial charge in [-0.25, -0.2) is 4.79 Å². The third-order valence-electron chi connectivity index (χ3n) is 3.85. The van der Waals surface area contributed by atoms with Crippen LogP contribution >= 0.6 is 0 Å². The SMILES string of the molecule is C[C@H](c1ccccc1)c1ccc(C(=O)O[C@H](C)CCN(C)C)o1. The van der Waals surface area contributed by atoms with Crippen molar-refractivity contribution >= 4 is 5.97 Å². The van der Waals surface area contributed by atoms with Gasteiger partial charge in [-0.3, -0.25) is 0 Å². The number of carbonyl (C=O) groups excluding carboxylic acids is 1. The molecule has 0 fully saturated rings.